The lowest BCUT2D eigenvalue weighted by molar-refractivity contribution is 0.898. The SMILES string of the molecule is Pc1ccc2c(c1)CCC1=C(CC/C=C\C=N1)/C2=C\Br. The van der Waals surface area contributed by atoms with Crippen LogP contribution in [0.25, 0.3) is 5.57 Å². The zero-order valence-electron chi connectivity index (χ0n) is 11.3. The summed E-state index contributed by atoms with van der Waals surface area (Å²) in [5.74, 6) is 0. The van der Waals surface area contributed by atoms with Gasteiger partial charge in [0.15, 0.2) is 0 Å². The van der Waals surface area contributed by atoms with Gasteiger partial charge in [0.25, 0.3) is 0 Å². The van der Waals surface area contributed by atoms with Gasteiger partial charge in [0.05, 0.1) is 0 Å². The first-order chi connectivity index (χ1) is 9.79. The number of allylic oxidation sites excluding steroid dienone is 5. The van der Waals surface area contributed by atoms with E-state index in [1.165, 1.54) is 33.3 Å². The van der Waals surface area contributed by atoms with Gasteiger partial charge in [0.2, 0.25) is 0 Å². The molecule has 0 amide bonds. The Bertz CT molecular complexity index is 653. The fourth-order valence-corrected chi connectivity index (χ4v) is 3.69. The van der Waals surface area contributed by atoms with Gasteiger partial charge in [-0.3, -0.25) is 4.99 Å². The van der Waals surface area contributed by atoms with Crippen LogP contribution < -0.4 is 5.30 Å². The molecule has 1 unspecified atom stereocenters. The second-order valence-corrected chi connectivity index (χ2v) is 6.23. The fraction of sp³-hybridized carbons (Fsp3) is 0.235. The third-order valence-electron chi connectivity index (χ3n) is 3.85. The van der Waals surface area contributed by atoms with Crippen molar-refractivity contribution < 1.29 is 0 Å². The van der Waals surface area contributed by atoms with Crippen molar-refractivity contribution in [2.75, 3.05) is 0 Å². The Hall–Kier alpha value is -0.980. The quantitative estimate of drug-likeness (QED) is 0.612. The molecule has 0 aromatic heterocycles. The van der Waals surface area contributed by atoms with Gasteiger partial charge in [-0.1, -0.05) is 40.2 Å². The van der Waals surface area contributed by atoms with Gasteiger partial charge < -0.3 is 0 Å². The van der Waals surface area contributed by atoms with Crippen LogP contribution in [0.5, 0.6) is 0 Å². The highest BCUT2D eigenvalue weighted by Gasteiger charge is 2.20. The number of nitrogens with zero attached hydrogens (tertiary/aromatic N) is 1. The Morgan fingerprint density at radius 2 is 2.10 bits per heavy atom. The first kappa shape index (κ1) is 14.0. The molecule has 0 bridgehead atoms. The van der Waals surface area contributed by atoms with Gasteiger partial charge in [-0.15, -0.1) is 9.24 Å². The highest BCUT2D eigenvalue weighted by atomic mass is 79.9. The van der Waals surface area contributed by atoms with E-state index in [0.29, 0.717) is 0 Å². The van der Waals surface area contributed by atoms with E-state index in [4.69, 9.17) is 0 Å². The number of benzene rings is 1. The molecule has 0 saturated heterocycles. The maximum absolute atomic E-state index is 4.67. The predicted molar refractivity (Wildman–Crippen MR) is 94.9 cm³/mol. The smallest absolute Gasteiger partial charge is 0.0445 e. The van der Waals surface area contributed by atoms with Crippen molar-refractivity contribution >= 4 is 42.3 Å². The molecule has 102 valence electrons. The Labute approximate surface area is 130 Å². The average molecular weight is 346 g/mol. The van der Waals surface area contributed by atoms with Crippen LogP contribution in [0.1, 0.15) is 30.4 Å². The number of hydrogen-bond donors (Lipinski definition) is 0. The molecule has 1 aliphatic heterocycles. The zero-order chi connectivity index (χ0) is 13.9. The van der Waals surface area contributed by atoms with E-state index in [1.807, 2.05) is 6.21 Å². The Balaban J connectivity index is 2.14. The first-order valence-corrected chi connectivity index (χ1v) is 8.39. The summed E-state index contributed by atoms with van der Waals surface area (Å²) in [6, 6.07) is 6.68. The summed E-state index contributed by atoms with van der Waals surface area (Å²) in [7, 11) is 2.79. The van der Waals surface area contributed by atoms with E-state index in [2.05, 4.69) is 65.5 Å². The molecule has 1 aliphatic carbocycles. The van der Waals surface area contributed by atoms with Crippen LogP contribution >= 0.6 is 25.2 Å². The third-order valence-corrected chi connectivity index (χ3v) is 4.66. The van der Waals surface area contributed by atoms with Crippen molar-refractivity contribution in [3.63, 3.8) is 0 Å². The molecule has 2 aliphatic rings. The molecular formula is C17H17BrNP. The summed E-state index contributed by atoms with van der Waals surface area (Å²) >= 11 is 3.57. The minimum absolute atomic E-state index is 1.02. The number of halogens is 1. The maximum atomic E-state index is 4.67. The summed E-state index contributed by atoms with van der Waals surface area (Å²) in [6.07, 6.45) is 10.4. The highest BCUT2D eigenvalue weighted by Crippen LogP contribution is 2.37. The summed E-state index contributed by atoms with van der Waals surface area (Å²) < 4.78 is 0. The van der Waals surface area contributed by atoms with E-state index in [-0.39, 0.29) is 0 Å². The van der Waals surface area contributed by atoms with Crippen LogP contribution in [0.3, 0.4) is 0 Å². The van der Waals surface area contributed by atoms with Gasteiger partial charge in [0.1, 0.15) is 0 Å². The van der Waals surface area contributed by atoms with Crippen LogP contribution in [-0.2, 0) is 6.42 Å². The molecule has 3 rings (SSSR count). The van der Waals surface area contributed by atoms with E-state index in [0.717, 1.165) is 25.7 Å². The van der Waals surface area contributed by atoms with Crippen LogP contribution in [0.4, 0.5) is 0 Å². The molecule has 0 spiro atoms. The summed E-state index contributed by atoms with van der Waals surface area (Å²) in [5.41, 5.74) is 6.68. The lowest BCUT2D eigenvalue weighted by Gasteiger charge is -2.14. The van der Waals surface area contributed by atoms with E-state index < -0.39 is 0 Å². The number of rotatable bonds is 0. The predicted octanol–water partition coefficient (Wildman–Crippen LogP) is 4.54. The number of hydrogen-bond acceptors (Lipinski definition) is 1. The van der Waals surface area contributed by atoms with Crippen molar-refractivity contribution in [1.29, 1.82) is 0 Å². The standard InChI is InChI=1S/C17H17BrNP/c18-11-16-14-7-6-13(20)10-12(14)5-8-17-15(16)4-2-1-3-9-19-17/h1,3,6-7,9-11H,2,4-5,8,20H2/b3-1-,16-11-,19-9?. The third kappa shape index (κ3) is 2.73. The van der Waals surface area contributed by atoms with Crippen LogP contribution in [-0.4, -0.2) is 6.21 Å². The molecule has 0 radical (unpaired) electrons. The Morgan fingerprint density at radius 1 is 1.20 bits per heavy atom. The lowest BCUT2D eigenvalue weighted by Crippen LogP contribution is -1.99. The maximum Gasteiger partial charge on any atom is 0.0445 e. The van der Waals surface area contributed by atoms with E-state index >= 15 is 0 Å². The van der Waals surface area contributed by atoms with Crippen molar-refractivity contribution in [2.24, 2.45) is 4.99 Å². The number of aryl methyl sites for hydroxylation is 1. The molecule has 1 heterocycles. The van der Waals surface area contributed by atoms with Crippen molar-refractivity contribution in [3.05, 3.63) is 57.7 Å². The van der Waals surface area contributed by atoms with Gasteiger partial charge in [-0.05, 0) is 64.3 Å². The van der Waals surface area contributed by atoms with Gasteiger partial charge in [-0.25, -0.2) is 0 Å². The monoisotopic (exact) mass is 345 g/mol. The first-order valence-electron chi connectivity index (χ1n) is 6.90. The average Bonchev–Trinajstić information content (AvgIpc) is 2.55. The van der Waals surface area contributed by atoms with Crippen LogP contribution in [0.15, 0.2) is 51.6 Å². The van der Waals surface area contributed by atoms with Crippen LogP contribution in [0.2, 0.25) is 0 Å². The normalized spacial score (nSPS) is 21.8. The van der Waals surface area contributed by atoms with Crippen molar-refractivity contribution in [2.45, 2.75) is 25.7 Å². The molecule has 0 N–H and O–H groups in total. The van der Waals surface area contributed by atoms with E-state index in [1.54, 1.807) is 0 Å². The molecule has 1 nitrogen and oxygen atoms in total. The molecule has 0 saturated carbocycles. The molecule has 1 aromatic rings. The summed E-state index contributed by atoms with van der Waals surface area (Å²) in [5, 5.41) is 1.25. The number of fused-ring (bicyclic) bond motifs is 1. The minimum Gasteiger partial charge on any atom is -0.261 e. The fourth-order valence-electron chi connectivity index (χ4n) is 2.87. The molecule has 1 atom stereocenters. The van der Waals surface area contributed by atoms with Crippen LogP contribution in [0, 0.1) is 0 Å². The summed E-state index contributed by atoms with van der Waals surface area (Å²) in [4.78, 5) is 6.74. The second-order valence-electron chi connectivity index (χ2n) is 5.11. The molecule has 20 heavy (non-hydrogen) atoms. The molecular weight excluding hydrogens is 329 g/mol. The second kappa shape index (κ2) is 6.20. The van der Waals surface area contributed by atoms with E-state index in [9.17, 15) is 0 Å². The minimum atomic E-state index is 1.02. The van der Waals surface area contributed by atoms with Crippen molar-refractivity contribution in [3.8, 4) is 0 Å². The Morgan fingerprint density at radius 3 is 2.95 bits per heavy atom. The number of aliphatic imine (C=N–C) groups is 1. The lowest BCUT2D eigenvalue weighted by atomic mass is 9.93. The van der Waals surface area contributed by atoms with Crippen molar-refractivity contribution in [1.82, 2.24) is 0 Å². The molecule has 1 aromatic carbocycles. The largest absolute Gasteiger partial charge is 0.261 e. The Kier molecular flexibility index (Phi) is 4.33. The zero-order valence-corrected chi connectivity index (χ0v) is 14.0. The molecule has 3 heteroatoms. The topological polar surface area (TPSA) is 12.4 Å². The van der Waals surface area contributed by atoms with Gasteiger partial charge in [-0.2, -0.15) is 0 Å². The van der Waals surface area contributed by atoms with Gasteiger partial charge >= 0.3 is 0 Å². The highest BCUT2D eigenvalue weighted by molar-refractivity contribution is 9.11. The van der Waals surface area contributed by atoms with Gasteiger partial charge in [0, 0.05) is 11.9 Å². The molecule has 0 fully saturated rings. The summed E-state index contributed by atoms with van der Waals surface area (Å²) in [6.45, 7) is 0.